The molecule has 0 spiro atoms. The van der Waals surface area contributed by atoms with Gasteiger partial charge in [0.05, 0.1) is 12.1 Å². The standard InChI is InChI=1S/C22H24N2O/c1-15(2)18-10-9-16(3)13-22(18)25-12-11-24-17(4)20(14-23)19-7-5-6-8-21(19)24/h5-10,13,15H,11-12H2,1-4H3. The van der Waals surface area contributed by atoms with E-state index in [9.17, 15) is 5.26 Å². The summed E-state index contributed by atoms with van der Waals surface area (Å²) in [6, 6.07) is 16.8. The molecular weight excluding hydrogens is 308 g/mol. The minimum Gasteiger partial charge on any atom is -0.491 e. The highest BCUT2D eigenvalue weighted by atomic mass is 16.5. The summed E-state index contributed by atoms with van der Waals surface area (Å²) in [5.41, 5.74) is 5.29. The van der Waals surface area contributed by atoms with Crippen molar-refractivity contribution in [3.05, 3.63) is 64.8 Å². The Morgan fingerprint density at radius 1 is 1.12 bits per heavy atom. The van der Waals surface area contributed by atoms with E-state index in [-0.39, 0.29) is 0 Å². The van der Waals surface area contributed by atoms with Crippen LogP contribution >= 0.6 is 0 Å². The Kier molecular flexibility index (Phi) is 4.81. The van der Waals surface area contributed by atoms with Crippen LogP contribution in [0.3, 0.4) is 0 Å². The summed E-state index contributed by atoms with van der Waals surface area (Å²) in [7, 11) is 0. The maximum absolute atomic E-state index is 9.47. The maximum Gasteiger partial charge on any atom is 0.123 e. The predicted octanol–water partition coefficient (Wildman–Crippen LogP) is 5.33. The minimum absolute atomic E-state index is 0.426. The summed E-state index contributed by atoms with van der Waals surface area (Å²) in [5.74, 6) is 1.39. The van der Waals surface area contributed by atoms with Crippen LogP contribution in [0.4, 0.5) is 0 Å². The highest BCUT2D eigenvalue weighted by molar-refractivity contribution is 5.88. The zero-order chi connectivity index (χ0) is 18.0. The van der Waals surface area contributed by atoms with Gasteiger partial charge in [0.25, 0.3) is 0 Å². The first kappa shape index (κ1) is 17.1. The van der Waals surface area contributed by atoms with Crippen LogP contribution in [-0.2, 0) is 6.54 Å². The number of hydrogen-bond donors (Lipinski definition) is 0. The van der Waals surface area contributed by atoms with Crippen LogP contribution in [0.2, 0.25) is 0 Å². The third-order valence-corrected chi connectivity index (χ3v) is 4.71. The lowest BCUT2D eigenvalue weighted by atomic mass is 10.0. The van der Waals surface area contributed by atoms with Crippen LogP contribution in [0.15, 0.2) is 42.5 Å². The zero-order valence-electron chi connectivity index (χ0n) is 15.3. The van der Waals surface area contributed by atoms with E-state index in [1.165, 1.54) is 11.1 Å². The molecule has 25 heavy (non-hydrogen) atoms. The van der Waals surface area contributed by atoms with Gasteiger partial charge in [-0.15, -0.1) is 0 Å². The smallest absolute Gasteiger partial charge is 0.123 e. The second-order valence-electron chi connectivity index (χ2n) is 6.79. The molecular formula is C22H24N2O. The van der Waals surface area contributed by atoms with Crippen molar-refractivity contribution in [2.45, 2.75) is 40.2 Å². The fourth-order valence-electron chi connectivity index (χ4n) is 3.35. The number of nitriles is 1. The highest BCUT2D eigenvalue weighted by Crippen LogP contribution is 2.28. The van der Waals surface area contributed by atoms with E-state index in [1.54, 1.807) is 0 Å². The summed E-state index contributed by atoms with van der Waals surface area (Å²) < 4.78 is 8.31. The molecule has 0 aliphatic rings. The molecule has 0 aliphatic heterocycles. The van der Waals surface area contributed by atoms with Gasteiger partial charge in [0, 0.05) is 16.6 Å². The minimum atomic E-state index is 0.426. The van der Waals surface area contributed by atoms with Crippen molar-refractivity contribution in [2.24, 2.45) is 0 Å². The van der Waals surface area contributed by atoms with Crippen LogP contribution < -0.4 is 4.74 Å². The van der Waals surface area contributed by atoms with Crippen LogP contribution in [0.5, 0.6) is 5.75 Å². The molecule has 0 unspecified atom stereocenters. The lowest BCUT2D eigenvalue weighted by molar-refractivity contribution is 0.295. The van der Waals surface area contributed by atoms with Crippen molar-refractivity contribution in [3.8, 4) is 11.8 Å². The molecule has 3 aromatic rings. The van der Waals surface area contributed by atoms with E-state index in [1.807, 2.05) is 25.1 Å². The number of aromatic nitrogens is 1. The van der Waals surface area contributed by atoms with Gasteiger partial charge in [0.15, 0.2) is 0 Å². The molecule has 1 aromatic heterocycles. The maximum atomic E-state index is 9.47. The molecule has 0 aliphatic carbocycles. The molecule has 0 atom stereocenters. The molecule has 1 heterocycles. The Hall–Kier alpha value is -2.73. The number of nitrogens with zero attached hydrogens (tertiary/aromatic N) is 2. The first-order valence-corrected chi connectivity index (χ1v) is 8.74. The molecule has 3 nitrogen and oxygen atoms in total. The Balaban J connectivity index is 1.85. The normalized spacial score (nSPS) is 11.0. The lowest BCUT2D eigenvalue weighted by Gasteiger charge is -2.16. The molecule has 0 saturated carbocycles. The monoisotopic (exact) mass is 332 g/mol. The number of fused-ring (bicyclic) bond motifs is 1. The molecule has 0 N–H and O–H groups in total. The van der Waals surface area contributed by atoms with Crippen LogP contribution in [-0.4, -0.2) is 11.2 Å². The average Bonchev–Trinajstić information content (AvgIpc) is 2.86. The Labute approximate surface area is 149 Å². The van der Waals surface area contributed by atoms with E-state index in [4.69, 9.17) is 4.74 Å². The molecule has 2 aromatic carbocycles. The summed E-state index contributed by atoms with van der Waals surface area (Å²) in [5, 5.41) is 10.5. The lowest BCUT2D eigenvalue weighted by Crippen LogP contribution is -2.10. The predicted molar refractivity (Wildman–Crippen MR) is 102 cm³/mol. The van der Waals surface area contributed by atoms with E-state index < -0.39 is 0 Å². The van der Waals surface area contributed by atoms with Crippen molar-refractivity contribution in [2.75, 3.05) is 6.61 Å². The summed E-state index contributed by atoms with van der Waals surface area (Å²) in [4.78, 5) is 0. The van der Waals surface area contributed by atoms with Gasteiger partial charge < -0.3 is 9.30 Å². The molecule has 0 saturated heterocycles. The zero-order valence-corrected chi connectivity index (χ0v) is 15.3. The van der Waals surface area contributed by atoms with E-state index >= 15 is 0 Å². The van der Waals surface area contributed by atoms with Gasteiger partial charge in [-0.1, -0.05) is 44.2 Å². The van der Waals surface area contributed by atoms with Gasteiger partial charge in [-0.3, -0.25) is 0 Å². The van der Waals surface area contributed by atoms with Gasteiger partial charge in [0.1, 0.15) is 18.4 Å². The van der Waals surface area contributed by atoms with Crippen LogP contribution in [0.1, 0.15) is 42.1 Å². The third kappa shape index (κ3) is 3.25. The van der Waals surface area contributed by atoms with Crippen molar-refractivity contribution in [1.82, 2.24) is 4.57 Å². The van der Waals surface area contributed by atoms with E-state index in [0.29, 0.717) is 12.5 Å². The van der Waals surface area contributed by atoms with Crippen LogP contribution in [0, 0.1) is 25.2 Å². The van der Waals surface area contributed by atoms with Crippen molar-refractivity contribution in [1.29, 1.82) is 5.26 Å². The molecule has 0 fully saturated rings. The second kappa shape index (κ2) is 7.03. The number of aryl methyl sites for hydroxylation is 1. The topological polar surface area (TPSA) is 38.0 Å². The van der Waals surface area contributed by atoms with Crippen molar-refractivity contribution < 1.29 is 4.74 Å². The van der Waals surface area contributed by atoms with Crippen LogP contribution in [0.25, 0.3) is 10.9 Å². The fourth-order valence-corrected chi connectivity index (χ4v) is 3.35. The van der Waals surface area contributed by atoms with Gasteiger partial charge in [-0.25, -0.2) is 0 Å². The molecule has 0 bridgehead atoms. The fraction of sp³-hybridized carbons (Fsp3) is 0.318. The molecule has 128 valence electrons. The SMILES string of the molecule is Cc1ccc(C(C)C)c(OCCn2c(C)c(C#N)c3ccccc32)c1. The number of ether oxygens (including phenoxy) is 1. The largest absolute Gasteiger partial charge is 0.491 e. The van der Waals surface area contributed by atoms with E-state index in [0.717, 1.165) is 34.5 Å². The Morgan fingerprint density at radius 2 is 1.88 bits per heavy atom. The summed E-state index contributed by atoms with van der Waals surface area (Å²) >= 11 is 0. The number of para-hydroxylation sites is 1. The molecule has 3 rings (SSSR count). The van der Waals surface area contributed by atoms with Gasteiger partial charge in [0.2, 0.25) is 0 Å². The molecule has 0 radical (unpaired) electrons. The average molecular weight is 332 g/mol. The van der Waals surface area contributed by atoms with Crippen molar-refractivity contribution >= 4 is 10.9 Å². The number of benzene rings is 2. The first-order chi connectivity index (χ1) is 12.0. The van der Waals surface area contributed by atoms with Gasteiger partial charge in [-0.2, -0.15) is 5.26 Å². The highest BCUT2D eigenvalue weighted by Gasteiger charge is 2.14. The Bertz CT molecular complexity index is 945. The number of hydrogen-bond acceptors (Lipinski definition) is 2. The second-order valence-corrected chi connectivity index (χ2v) is 6.79. The van der Waals surface area contributed by atoms with Gasteiger partial charge >= 0.3 is 0 Å². The first-order valence-electron chi connectivity index (χ1n) is 8.74. The third-order valence-electron chi connectivity index (χ3n) is 4.71. The molecule has 3 heteroatoms. The van der Waals surface area contributed by atoms with E-state index in [2.05, 4.69) is 55.7 Å². The summed E-state index contributed by atoms with van der Waals surface area (Å²) in [6.07, 6.45) is 0. The summed E-state index contributed by atoms with van der Waals surface area (Å²) in [6.45, 7) is 9.75. The van der Waals surface area contributed by atoms with Gasteiger partial charge in [-0.05, 0) is 43.0 Å². The van der Waals surface area contributed by atoms with Crippen molar-refractivity contribution in [3.63, 3.8) is 0 Å². The Morgan fingerprint density at radius 3 is 2.60 bits per heavy atom. The quantitative estimate of drug-likeness (QED) is 0.633. The molecule has 0 amide bonds. The number of rotatable bonds is 5.